The molecule has 0 aliphatic heterocycles. The molecule has 0 aliphatic rings. The van der Waals surface area contributed by atoms with Crippen molar-refractivity contribution in [1.29, 1.82) is 0 Å². The number of aromatic nitrogens is 1. The summed E-state index contributed by atoms with van der Waals surface area (Å²) in [7, 11) is 1.34. The Bertz CT molecular complexity index is 1070. The highest BCUT2D eigenvalue weighted by Crippen LogP contribution is 2.23. The second-order valence-corrected chi connectivity index (χ2v) is 7.37. The summed E-state index contributed by atoms with van der Waals surface area (Å²) in [4.78, 5) is 29.0. The molecule has 1 aromatic heterocycles. The molecule has 0 N–H and O–H groups in total. The van der Waals surface area contributed by atoms with Gasteiger partial charge in [0.25, 0.3) is 5.91 Å². The second kappa shape index (κ2) is 8.84. The molecule has 146 valence electrons. The Labute approximate surface area is 167 Å². The molecule has 0 aliphatic carbocycles. The maximum absolute atomic E-state index is 12.4. The van der Waals surface area contributed by atoms with E-state index in [0.717, 1.165) is 21.3 Å². The topological polar surface area (TPSA) is 69.9 Å². The van der Waals surface area contributed by atoms with Gasteiger partial charge < -0.3 is 14.0 Å². The molecule has 1 amide bonds. The quantitative estimate of drug-likeness (QED) is 0.597. The van der Waals surface area contributed by atoms with Gasteiger partial charge in [0.05, 0.1) is 30.4 Å². The lowest BCUT2D eigenvalue weighted by Crippen LogP contribution is -2.22. The highest BCUT2D eigenvalue weighted by atomic mass is 32.1. The van der Waals surface area contributed by atoms with E-state index in [2.05, 4.69) is 11.1 Å². The number of esters is 1. The average molecular weight is 398 g/mol. The minimum Gasteiger partial charge on any atom is -0.493 e. The van der Waals surface area contributed by atoms with E-state index < -0.39 is 0 Å². The first-order chi connectivity index (χ1) is 13.5. The number of fused-ring (bicyclic) bond motifs is 1. The van der Waals surface area contributed by atoms with Gasteiger partial charge in [-0.1, -0.05) is 35.6 Å². The average Bonchev–Trinajstić information content (AvgIpc) is 3.00. The number of aryl methyl sites for hydroxylation is 2. The van der Waals surface area contributed by atoms with Gasteiger partial charge >= 0.3 is 5.97 Å². The summed E-state index contributed by atoms with van der Waals surface area (Å²) in [5.41, 5.74) is 3.04. The smallest absolute Gasteiger partial charge is 0.325 e. The third-order valence-electron chi connectivity index (χ3n) is 4.18. The van der Waals surface area contributed by atoms with Crippen LogP contribution in [-0.2, 0) is 20.9 Å². The number of para-hydroxylation sites is 1. The Morgan fingerprint density at radius 1 is 1.14 bits per heavy atom. The maximum atomic E-state index is 12.4. The lowest BCUT2D eigenvalue weighted by atomic mass is 10.1. The molecule has 3 aromatic rings. The Hall–Kier alpha value is -2.93. The minimum absolute atomic E-state index is 0.00597. The molecule has 0 saturated carbocycles. The minimum atomic E-state index is -0.389. The molecule has 0 bridgehead atoms. The van der Waals surface area contributed by atoms with Gasteiger partial charge in [-0.3, -0.25) is 9.59 Å². The van der Waals surface area contributed by atoms with Crippen molar-refractivity contribution in [3.05, 3.63) is 58.4 Å². The zero-order chi connectivity index (χ0) is 20.1. The Morgan fingerprint density at radius 2 is 1.89 bits per heavy atom. The fraction of sp³-hybridized carbons (Fsp3) is 0.286. The molecule has 0 atom stereocenters. The van der Waals surface area contributed by atoms with Crippen LogP contribution in [0.25, 0.3) is 10.2 Å². The molecule has 7 heteroatoms. The van der Waals surface area contributed by atoms with Crippen molar-refractivity contribution in [1.82, 2.24) is 4.57 Å². The number of carbonyl (C=O) groups is 2. The van der Waals surface area contributed by atoms with Crippen LogP contribution in [0, 0.1) is 13.8 Å². The van der Waals surface area contributed by atoms with Gasteiger partial charge in [-0.2, -0.15) is 4.99 Å². The van der Waals surface area contributed by atoms with Crippen molar-refractivity contribution in [3.63, 3.8) is 0 Å². The number of rotatable bonds is 6. The maximum Gasteiger partial charge on any atom is 0.325 e. The lowest BCUT2D eigenvalue weighted by molar-refractivity contribution is -0.141. The first kappa shape index (κ1) is 19.8. The van der Waals surface area contributed by atoms with Crippen LogP contribution in [0.3, 0.4) is 0 Å². The molecule has 1 heterocycles. The van der Waals surface area contributed by atoms with E-state index >= 15 is 0 Å². The highest BCUT2D eigenvalue weighted by Gasteiger charge is 2.13. The van der Waals surface area contributed by atoms with Crippen LogP contribution in [0.4, 0.5) is 0 Å². The first-order valence-electron chi connectivity index (χ1n) is 8.90. The van der Waals surface area contributed by atoms with Crippen molar-refractivity contribution in [2.24, 2.45) is 4.99 Å². The summed E-state index contributed by atoms with van der Waals surface area (Å²) < 4.78 is 13.1. The fourth-order valence-corrected chi connectivity index (χ4v) is 3.98. The van der Waals surface area contributed by atoms with Crippen LogP contribution in [0.15, 0.2) is 47.5 Å². The summed E-state index contributed by atoms with van der Waals surface area (Å²) in [6, 6.07) is 13.4. The van der Waals surface area contributed by atoms with Crippen molar-refractivity contribution in [2.75, 3.05) is 13.7 Å². The van der Waals surface area contributed by atoms with Crippen LogP contribution < -0.4 is 9.54 Å². The fourth-order valence-electron chi connectivity index (χ4n) is 2.88. The number of carbonyl (C=O) groups excluding carboxylic acids is 2. The third-order valence-corrected chi connectivity index (χ3v) is 5.41. The van der Waals surface area contributed by atoms with E-state index in [9.17, 15) is 9.59 Å². The summed E-state index contributed by atoms with van der Waals surface area (Å²) in [6.45, 7) is 4.25. The van der Waals surface area contributed by atoms with E-state index in [1.807, 2.05) is 50.2 Å². The van der Waals surface area contributed by atoms with Gasteiger partial charge in [0, 0.05) is 0 Å². The molecule has 0 unspecified atom stereocenters. The van der Waals surface area contributed by atoms with Crippen molar-refractivity contribution < 1.29 is 19.1 Å². The molecule has 28 heavy (non-hydrogen) atoms. The Balaban J connectivity index is 1.87. The number of thiazole rings is 1. The number of hydrogen-bond donors (Lipinski definition) is 0. The summed E-state index contributed by atoms with van der Waals surface area (Å²) in [5.74, 6) is 0.0275. The van der Waals surface area contributed by atoms with Crippen LogP contribution >= 0.6 is 11.3 Å². The molecule has 2 aromatic carbocycles. The van der Waals surface area contributed by atoms with Gasteiger partial charge in [-0.05, 0) is 43.2 Å². The molecule has 0 radical (unpaired) electrons. The molecule has 0 fully saturated rings. The molecule has 0 saturated heterocycles. The van der Waals surface area contributed by atoms with Gasteiger partial charge in [-0.15, -0.1) is 0 Å². The summed E-state index contributed by atoms with van der Waals surface area (Å²) >= 11 is 1.40. The van der Waals surface area contributed by atoms with Gasteiger partial charge in [0.1, 0.15) is 12.3 Å². The predicted octanol–water partition coefficient (Wildman–Crippen LogP) is 3.39. The van der Waals surface area contributed by atoms with Crippen LogP contribution in [0.2, 0.25) is 0 Å². The zero-order valence-electron chi connectivity index (χ0n) is 16.1. The number of ether oxygens (including phenoxy) is 2. The second-order valence-electron chi connectivity index (χ2n) is 6.39. The SMILES string of the molecule is COC(=O)Cn1c(=NC(=O)CCOc2ccccc2)sc2c(C)cc(C)cc21. The molecule has 6 nitrogen and oxygen atoms in total. The van der Waals surface area contributed by atoms with Crippen molar-refractivity contribution in [2.45, 2.75) is 26.8 Å². The number of amides is 1. The van der Waals surface area contributed by atoms with Crippen LogP contribution in [0.1, 0.15) is 17.5 Å². The monoisotopic (exact) mass is 398 g/mol. The summed E-state index contributed by atoms with van der Waals surface area (Å²) in [6.07, 6.45) is 0.152. The van der Waals surface area contributed by atoms with Crippen LogP contribution in [0.5, 0.6) is 5.75 Å². The van der Waals surface area contributed by atoms with Crippen LogP contribution in [-0.4, -0.2) is 30.2 Å². The standard InChI is InChI=1S/C21H22N2O4S/c1-14-11-15(2)20-17(12-14)23(13-19(25)26-3)21(28-20)22-18(24)9-10-27-16-7-5-4-6-8-16/h4-8,11-12H,9-10,13H2,1-3H3. The van der Waals surface area contributed by atoms with Gasteiger partial charge in [0.15, 0.2) is 4.80 Å². The third kappa shape index (κ3) is 4.67. The van der Waals surface area contributed by atoms with E-state index in [1.54, 1.807) is 4.57 Å². The van der Waals surface area contributed by atoms with Crippen molar-refractivity contribution in [3.8, 4) is 5.75 Å². The van der Waals surface area contributed by atoms with Gasteiger partial charge in [-0.25, -0.2) is 0 Å². The molecule has 3 rings (SSSR count). The predicted molar refractivity (Wildman–Crippen MR) is 108 cm³/mol. The molecular weight excluding hydrogens is 376 g/mol. The number of benzene rings is 2. The van der Waals surface area contributed by atoms with E-state index in [0.29, 0.717) is 10.6 Å². The number of methoxy groups -OCH3 is 1. The van der Waals surface area contributed by atoms with Gasteiger partial charge in [0.2, 0.25) is 0 Å². The Kier molecular flexibility index (Phi) is 6.26. The normalized spacial score (nSPS) is 11.6. The van der Waals surface area contributed by atoms with Crippen molar-refractivity contribution >= 4 is 33.4 Å². The number of nitrogens with zero attached hydrogens (tertiary/aromatic N) is 2. The zero-order valence-corrected chi connectivity index (χ0v) is 16.9. The molecular formula is C21H22N2O4S. The molecule has 0 spiro atoms. The Morgan fingerprint density at radius 3 is 2.61 bits per heavy atom. The van der Waals surface area contributed by atoms with E-state index in [4.69, 9.17) is 9.47 Å². The number of hydrogen-bond acceptors (Lipinski definition) is 5. The first-order valence-corrected chi connectivity index (χ1v) is 9.72. The summed E-state index contributed by atoms with van der Waals surface area (Å²) in [5, 5.41) is 0. The highest BCUT2D eigenvalue weighted by molar-refractivity contribution is 7.16. The van der Waals surface area contributed by atoms with E-state index in [1.165, 1.54) is 18.4 Å². The van der Waals surface area contributed by atoms with E-state index in [-0.39, 0.29) is 31.4 Å². The lowest BCUT2D eigenvalue weighted by Gasteiger charge is -2.05. The largest absolute Gasteiger partial charge is 0.493 e.